The maximum atomic E-state index is 12.2. The minimum absolute atomic E-state index is 0.163. The van der Waals surface area contributed by atoms with Crippen LogP contribution in [0.5, 0.6) is 5.75 Å². The van der Waals surface area contributed by atoms with Crippen LogP contribution in [0.4, 0.5) is 0 Å². The number of phenols is 1. The predicted molar refractivity (Wildman–Crippen MR) is 77.5 cm³/mol. The summed E-state index contributed by atoms with van der Waals surface area (Å²) in [6.07, 6.45) is 0.418. The van der Waals surface area contributed by atoms with Gasteiger partial charge in [0.05, 0.1) is 12.6 Å². The number of carbonyl (C=O) groups excluding carboxylic acids is 1. The van der Waals surface area contributed by atoms with Crippen molar-refractivity contribution in [3.8, 4) is 5.75 Å². The molecule has 3 N–H and O–H groups in total. The summed E-state index contributed by atoms with van der Waals surface area (Å²) < 4.78 is 4.97. The largest absolute Gasteiger partial charge is 0.508 e. The number of hydrogen-bond donors (Lipinski definition) is 2. The summed E-state index contributed by atoms with van der Waals surface area (Å²) in [7, 11) is 1.68. The summed E-state index contributed by atoms with van der Waals surface area (Å²) in [6.45, 7) is 2.16. The van der Waals surface area contributed by atoms with Crippen LogP contribution in [0.15, 0.2) is 34.9 Å². The summed E-state index contributed by atoms with van der Waals surface area (Å²) in [5, 5.41) is 13.1. The van der Waals surface area contributed by atoms with Gasteiger partial charge < -0.3 is 20.3 Å². The molecule has 6 nitrogen and oxygen atoms in total. The number of aryl methyl sites for hydroxylation is 1. The summed E-state index contributed by atoms with van der Waals surface area (Å²) in [6, 6.07) is 7.82. The molecule has 0 unspecified atom stereocenters. The predicted octanol–water partition coefficient (Wildman–Crippen LogP) is 1.22. The molecule has 0 aliphatic rings. The van der Waals surface area contributed by atoms with Crippen LogP contribution in [0, 0.1) is 6.92 Å². The molecular formula is C15H19N3O3. The number of rotatable bonds is 5. The molecule has 0 aliphatic carbocycles. The maximum absolute atomic E-state index is 12.2. The second-order valence-corrected chi connectivity index (χ2v) is 5.10. The third-order valence-electron chi connectivity index (χ3n) is 3.16. The molecule has 2 aromatic rings. The van der Waals surface area contributed by atoms with Crippen LogP contribution in [0.25, 0.3) is 0 Å². The number of likely N-dealkylation sites (N-methyl/N-ethyl adjacent to an activating group) is 1. The highest BCUT2D eigenvalue weighted by Crippen LogP contribution is 2.12. The van der Waals surface area contributed by atoms with Crippen LogP contribution < -0.4 is 5.73 Å². The van der Waals surface area contributed by atoms with Crippen molar-refractivity contribution in [2.24, 2.45) is 5.73 Å². The maximum Gasteiger partial charge on any atom is 0.239 e. The Hall–Kier alpha value is -2.34. The van der Waals surface area contributed by atoms with Crippen LogP contribution in [-0.2, 0) is 17.8 Å². The third-order valence-corrected chi connectivity index (χ3v) is 3.16. The Morgan fingerprint density at radius 3 is 2.67 bits per heavy atom. The summed E-state index contributed by atoms with van der Waals surface area (Å²) in [5.74, 6) is 0.736. The average Bonchev–Trinajstić information content (AvgIpc) is 2.85. The molecule has 0 spiro atoms. The summed E-state index contributed by atoms with van der Waals surface area (Å²) in [5.41, 5.74) is 7.55. The van der Waals surface area contributed by atoms with E-state index in [0.717, 1.165) is 5.56 Å². The van der Waals surface area contributed by atoms with E-state index in [4.69, 9.17) is 10.3 Å². The average molecular weight is 289 g/mol. The van der Waals surface area contributed by atoms with Gasteiger partial charge in [-0.15, -0.1) is 0 Å². The van der Waals surface area contributed by atoms with E-state index in [0.29, 0.717) is 24.4 Å². The van der Waals surface area contributed by atoms with Gasteiger partial charge in [0.1, 0.15) is 17.2 Å². The zero-order valence-corrected chi connectivity index (χ0v) is 12.1. The van der Waals surface area contributed by atoms with Crippen molar-refractivity contribution in [2.45, 2.75) is 25.9 Å². The topological polar surface area (TPSA) is 92.6 Å². The van der Waals surface area contributed by atoms with E-state index in [1.165, 1.54) is 4.90 Å². The normalized spacial score (nSPS) is 12.1. The van der Waals surface area contributed by atoms with E-state index in [1.54, 1.807) is 44.3 Å². The second-order valence-electron chi connectivity index (χ2n) is 5.10. The quantitative estimate of drug-likeness (QED) is 0.863. The molecule has 0 fully saturated rings. The Balaban J connectivity index is 1.93. The third kappa shape index (κ3) is 4.06. The van der Waals surface area contributed by atoms with Crippen molar-refractivity contribution in [3.05, 3.63) is 47.3 Å². The Bertz CT molecular complexity index is 607. The smallest absolute Gasteiger partial charge is 0.239 e. The SMILES string of the molecule is Cc1cc(CN(C)C(=O)[C@@H](N)Cc2ccc(O)cc2)no1. The van der Waals surface area contributed by atoms with Crippen LogP contribution in [0.2, 0.25) is 0 Å². The van der Waals surface area contributed by atoms with Crippen LogP contribution >= 0.6 is 0 Å². The fourth-order valence-corrected chi connectivity index (χ4v) is 2.07. The number of carbonyl (C=O) groups is 1. The van der Waals surface area contributed by atoms with Gasteiger partial charge in [0.25, 0.3) is 0 Å². The molecule has 0 saturated heterocycles. The van der Waals surface area contributed by atoms with E-state index in [2.05, 4.69) is 5.16 Å². The molecule has 1 amide bonds. The molecule has 0 radical (unpaired) electrons. The highest BCUT2D eigenvalue weighted by atomic mass is 16.5. The number of hydrogen-bond acceptors (Lipinski definition) is 5. The number of benzene rings is 1. The zero-order valence-electron chi connectivity index (χ0n) is 12.1. The van der Waals surface area contributed by atoms with E-state index in [1.807, 2.05) is 0 Å². The molecule has 1 heterocycles. The minimum atomic E-state index is -0.632. The fraction of sp³-hybridized carbons (Fsp3) is 0.333. The lowest BCUT2D eigenvalue weighted by atomic mass is 10.1. The summed E-state index contributed by atoms with van der Waals surface area (Å²) >= 11 is 0. The Morgan fingerprint density at radius 1 is 1.43 bits per heavy atom. The van der Waals surface area contributed by atoms with E-state index >= 15 is 0 Å². The zero-order chi connectivity index (χ0) is 15.4. The Kier molecular flexibility index (Phi) is 4.59. The van der Waals surface area contributed by atoms with Gasteiger partial charge in [0.15, 0.2) is 0 Å². The molecule has 0 aliphatic heterocycles. The first-order valence-corrected chi connectivity index (χ1v) is 6.66. The highest BCUT2D eigenvalue weighted by molar-refractivity contribution is 5.81. The lowest BCUT2D eigenvalue weighted by molar-refractivity contribution is -0.131. The highest BCUT2D eigenvalue weighted by Gasteiger charge is 2.19. The molecule has 1 aromatic carbocycles. The molecular weight excluding hydrogens is 270 g/mol. The summed E-state index contributed by atoms with van der Waals surface area (Å²) in [4.78, 5) is 13.7. The van der Waals surface area contributed by atoms with Crippen molar-refractivity contribution in [2.75, 3.05) is 7.05 Å². The lowest BCUT2D eigenvalue weighted by Crippen LogP contribution is -2.42. The number of phenolic OH excluding ortho intramolecular Hbond substituents is 1. The van der Waals surface area contributed by atoms with Crippen molar-refractivity contribution < 1.29 is 14.4 Å². The van der Waals surface area contributed by atoms with Crippen LogP contribution in [-0.4, -0.2) is 34.2 Å². The first-order valence-electron chi connectivity index (χ1n) is 6.66. The first kappa shape index (κ1) is 15.1. The molecule has 0 saturated carbocycles. The van der Waals surface area contributed by atoms with E-state index in [9.17, 15) is 9.90 Å². The van der Waals surface area contributed by atoms with Crippen molar-refractivity contribution in [1.29, 1.82) is 0 Å². The number of aromatic hydroxyl groups is 1. The molecule has 2 rings (SSSR count). The second kappa shape index (κ2) is 6.41. The molecule has 1 atom stereocenters. The number of aromatic nitrogens is 1. The number of amides is 1. The van der Waals surface area contributed by atoms with E-state index in [-0.39, 0.29) is 11.7 Å². The number of nitrogens with two attached hydrogens (primary N) is 1. The Morgan fingerprint density at radius 2 is 2.10 bits per heavy atom. The minimum Gasteiger partial charge on any atom is -0.508 e. The standard InChI is InChI=1S/C15H19N3O3/c1-10-7-12(17-21-10)9-18(2)15(20)14(16)8-11-3-5-13(19)6-4-11/h3-7,14,19H,8-9,16H2,1-2H3/t14-/m0/s1. The van der Waals surface area contributed by atoms with Gasteiger partial charge >= 0.3 is 0 Å². The monoisotopic (exact) mass is 289 g/mol. The fourth-order valence-electron chi connectivity index (χ4n) is 2.07. The first-order chi connectivity index (χ1) is 9.95. The Labute approximate surface area is 123 Å². The van der Waals surface area contributed by atoms with Crippen LogP contribution in [0.3, 0.4) is 0 Å². The molecule has 0 bridgehead atoms. The van der Waals surface area contributed by atoms with Gasteiger partial charge in [0.2, 0.25) is 5.91 Å². The molecule has 112 valence electrons. The van der Waals surface area contributed by atoms with Crippen LogP contribution in [0.1, 0.15) is 17.0 Å². The van der Waals surface area contributed by atoms with Gasteiger partial charge in [0, 0.05) is 13.1 Å². The van der Waals surface area contributed by atoms with Gasteiger partial charge in [-0.3, -0.25) is 4.79 Å². The van der Waals surface area contributed by atoms with Gasteiger partial charge in [-0.1, -0.05) is 17.3 Å². The number of nitrogens with zero attached hydrogens (tertiary/aromatic N) is 2. The van der Waals surface area contributed by atoms with Crippen molar-refractivity contribution >= 4 is 5.91 Å². The van der Waals surface area contributed by atoms with Gasteiger partial charge in [-0.2, -0.15) is 0 Å². The van der Waals surface area contributed by atoms with Gasteiger partial charge in [-0.25, -0.2) is 0 Å². The molecule has 21 heavy (non-hydrogen) atoms. The lowest BCUT2D eigenvalue weighted by Gasteiger charge is -2.20. The van der Waals surface area contributed by atoms with Crippen molar-refractivity contribution in [1.82, 2.24) is 10.1 Å². The molecule has 1 aromatic heterocycles. The molecule has 6 heteroatoms. The van der Waals surface area contributed by atoms with E-state index < -0.39 is 6.04 Å². The van der Waals surface area contributed by atoms with Gasteiger partial charge in [-0.05, 0) is 31.0 Å². The van der Waals surface area contributed by atoms with Crippen molar-refractivity contribution in [3.63, 3.8) is 0 Å².